The Morgan fingerprint density at radius 1 is 1.44 bits per heavy atom. The number of amidine groups is 1. The highest BCUT2D eigenvalue weighted by Crippen LogP contribution is 2.40. The Balaban J connectivity index is 2.36. The fourth-order valence-electron chi connectivity index (χ4n) is 2.08. The summed E-state index contributed by atoms with van der Waals surface area (Å²) in [5.41, 5.74) is 8.20. The van der Waals surface area contributed by atoms with Crippen LogP contribution in [0.2, 0.25) is 0 Å². The first kappa shape index (κ1) is 13.5. The summed E-state index contributed by atoms with van der Waals surface area (Å²) in [6.45, 7) is 10.1. The van der Waals surface area contributed by atoms with Gasteiger partial charge in [-0.3, -0.25) is 5.32 Å². The topological polar surface area (TPSA) is 62.4 Å². The zero-order valence-corrected chi connectivity index (χ0v) is 12.3. The largest absolute Gasteiger partial charge is 0.335 e. The van der Waals surface area contributed by atoms with Gasteiger partial charge >= 0.3 is 0 Å². The second-order valence-corrected chi connectivity index (χ2v) is 6.19. The van der Waals surface area contributed by atoms with E-state index in [1.165, 1.54) is 21.0 Å². The van der Waals surface area contributed by atoms with Gasteiger partial charge < -0.3 is 11.1 Å². The van der Waals surface area contributed by atoms with Gasteiger partial charge in [-0.15, -0.1) is 11.3 Å². The van der Waals surface area contributed by atoms with E-state index in [4.69, 9.17) is 10.7 Å². The van der Waals surface area contributed by atoms with E-state index in [0.717, 1.165) is 12.4 Å². The van der Waals surface area contributed by atoms with Crippen LogP contribution < -0.4 is 16.4 Å². The maximum absolute atomic E-state index is 5.58. The minimum absolute atomic E-state index is 0.0483. The van der Waals surface area contributed by atoms with Crippen molar-refractivity contribution in [3.8, 4) is 0 Å². The Labute approximate surface area is 113 Å². The lowest BCUT2D eigenvalue weighted by Crippen LogP contribution is -2.32. The molecule has 0 aliphatic carbocycles. The lowest BCUT2D eigenvalue weighted by atomic mass is 10.1. The molecule has 2 heterocycles. The quantitative estimate of drug-likeness (QED) is 0.784. The molecule has 1 aromatic rings. The second-order valence-electron chi connectivity index (χ2n) is 4.97. The van der Waals surface area contributed by atoms with Crippen molar-refractivity contribution >= 4 is 22.2 Å². The van der Waals surface area contributed by atoms with Gasteiger partial charge in [0, 0.05) is 29.4 Å². The van der Waals surface area contributed by atoms with Crippen molar-refractivity contribution in [2.75, 3.05) is 18.4 Å². The molecule has 0 spiro atoms. The molecule has 0 aromatic carbocycles. The molecule has 2 rings (SSSR count). The predicted octanol–water partition coefficient (Wildman–Crippen LogP) is 2.39. The van der Waals surface area contributed by atoms with Gasteiger partial charge in [0.25, 0.3) is 0 Å². The van der Waals surface area contributed by atoms with Gasteiger partial charge in [-0.05, 0) is 19.4 Å². The highest BCUT2D eigenvalue weighted by Gasteiger charge is 2.26. The summed E-state index contributed by atoms with van der Waals surface area (Å²) in [5.74, 6) is 1.46. The molecule has 0 bridgehead atoms. The zero-order chi connectivity index (χ0) is 13.3. The maximum Gasteiger partial charge on any atom is 0.130 e. The predicted molar refractivity (Wildman–Crippen MR) is 79.5 cm³/mol. The highest BCUT2D eigenvalue weighted by atomic mass is 32.1. The van der Waals surface area contributed by atoms with Crippen LogP contribution in [0.4, 0.5) is 5.00 Å². The van der Waals surface area contributed by atoms with Crippen molar-refractivity contribution in [3.63, 3.8) is 0 Å². The normalized spacial score (nSPS) is 18.6. The van der Waals surface area contributed by atoms with Crippen molar-refractivity contribution < 1.29 is 0 Å². The van der Waals surface area contributed by atoms with Crippen molar-refractivity contribution in [1.29, 1.82) is 0 Å². The third kappa shape index (κ3) is 2.43. The standard InChI is InChI=1S/C13H22N4S/c1-7(2)11-16-12(15-6-5-14)10-8(3)9(4)18-13(10)17-11/h7,12,15H,5-6,14H2,1-4H3,(H,16,17). The third-order valence-electron chi connectivity index (χ3n) is 3.24. The Bertz CT molecular complexity index is 462. The van der Waals surface area contributed by atoms with Crippen molar-refractivity contribution in [3.05, 3.63) is 16.0 Å². The highest BCUT2D eigenvalue weighted by molar-refractivity contribution is 7.16. The monoisotopic (exact) mass is 266 g/mol. The molecule has 0 saturated heterocycles. The Morgan fingerprint density at radius 2 is 2.17 bits per heavy atom. The van der Waals surface area contributed by atoms with E-state index >= 15 is 0 Å². The van der Waals surface area contributed by atoms with Crippen LogP contribution in [-0.4, -0.2) is 18.9 Å². The lowest BCUT2D eigenvalue weighted by molar-refractivity contribution is 0.554. The molecule has 100 valence electrons. The van der Waals surface area contributed by atoms with Crippen LogP contribution in [0.25, 0.3) is 0 Å². The molecule has 1 aliphatic rings. The minimum Gasteiger partial charge on any atom is -0.335 e. The van der Waals surface area contributed by atoms with Gasteiger partial charge in [0.15, 0.2) is 0 Å². The van der Waals surface area contributed by atoms with E-state index in [2.05, 4.69) is 38.3 Å². The fraction of sp³-hybridized carbons (Fsp3) is 0.615. The fourth-order valence-corrected chi connectivity index (χ4v) is 3.18. The average Bonchev–Trinajstić information content (AvgIpc) is 2.62. The van der Waals surface area contributed by atoms with Gasteiger partial charge in [0.2, 0.25) is 0 Å². The van der Waals surface area contributed by atoms with Gasteiger partial charge in [-0.2, -0.15) is 0 Å². The summed E-state index contributed by atoms with van der Waals surface area (Å²) in [5, 5.41) is 8.12. The molecular formula is C13H22N4S. The molecule has 1 atom stereocenters. The average molecular weight is 266 g/mol. The number of fused-ring (bicyclic) bond motifs is 1. The first-order chi connectivity index (χ1) is 8.54. The van der Waals surface area contributed by atoms with E-state index in [-0.39, 0.29) is 6.17 Å². The van der Waals surface area contributed by atoms with Gasteiger partial charge in [0.05, 0.1) is 0 Å². The van der Waals surface area contributed by atoms with Gasteiger partial charge in [-0.25, -0.2) is 4.99 Å². The first-order valence-electron chi connectivity index (χ1n) is 6.42. The summed E-state index contributed by atoms with van der Waals surface area (Å²) >= 11 is 1.81. The smallest absolute Gasteiger partial charge is 0.130 e. The van der Waals surface area contributed by atoms with Crippen LogP contribution in [0.5, 0.6) is 0 Å². The van der Waals surface area contributed by atoms with E-state index in [0.29, 0.717) is 12.5 Å². The molecular weight excluding hydrogens is 244 g/mol. The number of anilines is 1. The summed E-state index contributed by atoms with van der Waals surface area (Å²) in [6, 6.07) is 0. The molecule has 1 aliphatic heterocycles. The number of rotatable bonds is 4. The lowest BCUT2D eigenvalue weighted by Gasteiger charge is -2.25. The molecule has 0 amide bonds. The molecule has 5 heteroatoms. The molecule has 1 aromatic heterocycles. The first-order valence-corrected chi connectivity index (χ1v) is 7.24. The van der Waals surface area contributed by atoms with Crippen LogP contribution in [0.15, 0.2) is 4.99 Å². The Hall–Kier alpha value is -0.910. The van der Waals surface area contributed by atoms with E-state index in [1.54, 1.807) is 0 Å². The van der Waals surface area contributed by atoms with Crippen LogP contribution in [0.3, 0.4) is 0 Å². The van der Waals surface area contributed by atoms with Crippen LogP contribution >= 0.6 is 11.3 Å². The minimum atomic E-state index is 0.0483. The summed E-state index contributed by atoms with van der Waals surface area (Å²) < 4.78 is 0. The third-order valence-corrected chi connectivity index (χ3v) is 4.38. The van der Waals surface area contributed by atoms with Crippen LogP contribution in [0, 0.1) is 19.8 Å². The van der Waals surface area contributed by atoms with Crippen LogP contribution in [-0.2, 0) is 0 Å². The zero-order valence-electron chi connectivity index (χ0n) is 11.5. The number of nitrogens with one attached hydrogen (secondary N) is 2. The number of aliphatic imine (C=N–C) groups is 1. The molecule has 0 radical (unpaired) electrons. The second kappa shape index (κ2) is 5.38. The van der Waals surface area contributed by atoms with E-state index in [1.807, 2.05) is 11.3 Å². The number of aryl methyl sites for hydroxylation is 1. The number of nitrogens with two attached hydrogens (primary N) is 1. The number of thiophene rings is 1. The molecule has 4 N–H and O–H groups in total. The molecule has 4 nitrogen and oxygen atoms in total. The van der Waals surface area contributed by atoms with Gasteiger partial charge in [0.1, 0.15) is 17.0 Å². The molecule has 0 saturated carbocycles. The maximum atomic E-state index is 5.58. The SMILES string of the molecule is Cc1sc2c(c1C)C(NCCN)N=C(C(C)C)N2. The summed E-state index contributed by atoms with van der Waals surface area (Å²) in [6.07, 6.45) is 0.0483. The van der Waals surface area contributed by atoms with Crippen molar-refractivity contribution in [2.24, 2.45) is 16.6 Å². The Morgan fingerprint density at radius 3 is 2.78 bits per heavy atom. The number of nitrogens with zero attached hydrogens (tertiary/aromatic N) is 1. The van der Waals surface area contributed by atoms with E-state index in [9.17, 15) is 0 Å². The molecule has 1 unspecified atom stereocenters. The summed E-state index contributed by atoms with van der Waals surface area (Å²) in [4.78, 5) is 6.13. The van der Waals surface area contributed by atoms with E-state index < -0.39 is 0 Å². The summed E-state index contributed by atoms with van der Waals surface area (Å²) in [7, 11) is 0. The number of hydrogen-bond acceptors (Lipinski definition) is 5. The van der Waals surface area contributed by atoms with Crippen molar-refractivity contribution in [1.82, 2.24) is 5.32 Å². The van der Waals surface area contributed by atoms with Crippen LogP contribution in [0.1, 0.15) is 36.0 Å². The van der Waals surface area contributed by atoms with Gasteiger partial charge in [-0.1, -0.05) is 13.8 Å². The Kier molecular flexibility index (Phi) is 4.04. The molecule has 0 fully saturated rings. The molecule has 18 heavy (non-hydrogen) atoms. The van der Waals surface area contributed by atoms with Crippen molar-refractivity contribution in [2.45, 2.75) is 33.9 Å². The number of hydrogen-bond donors (Lipinski definition) is 3.